The maximum absolute atomic E-state index is 13.3. The first-order chi connectivity index (χ1) is 9.45. The van der Waals surface area contributed by atoms with E-state index in [9.17, 15) is 9.18 Å². The monoisotopic (exact) mass is 277 g/mol. The van der Waals surface area contributed by atoms with Crippen LogP contribution in [0.3, 0.4) is 0 Å². The van der Waals surface area contributed by atoms with E-state index in [2.05, 4.69) is 25.8 Å². The van der Waals surface area contributed by atoms with Gasteiger partial charge in [0.25, 0.3) is 5.91 Å². The first kappa shape index (κ1) is 12.4. The molecule has 1 aliphatic heterocycles. The van der Waals surface area contributed by atoms with Gasteiger partial charge in [-0.15, -0.1) is 0 Å². The fourth-order valence-electron chi connectivity index (χ4n) is 1.75. The molecule has 3 N–H and O–H groups in total. The molecular formula is C12H12FN5O2. The van der Waals surface area contributed by atoms with Gasteiger partial charge in [0.15, 0.2) is 28.8 Å². The van der Waals surface area contributed by atoms with Gasteiger partial charge in [0.1, 0.15) is 5.82 Å². The zero-order valence-electron chi connectivity index (χ0n) is 10.8. The van der Waals surface area contributed by atoms with Crippen molar-refractivity contribution >= 4 is 23.4 Å². The molecule has 104 valence electrons. The minimum atomic E-state index is -0.945. The number of carbonyl (C=O) groups excluding carboxylic acids is 1. The molecule has 0 fully saturated rings. The van der Waals surface area contributed by atoms with Gasteiger partial charge in [0.2, 0.25) is 0 Å². The van der Waals surface area contributed by atoms with Crippen molar-refractivity contribution in [2.24, 2.45) is 0 Å². The fraction of sp³-hybridized carbons (Fsp3) is 0.250. The number of anilines is 3. The number of aromatic amines is 1. The second-order valence-corrected chi connectivity index (χ2v) is 4.83. The summed E-state index contributed by atoms with van der Waals surface area (Å²) in [5.41, 5.74) is -0.945. The van der Waals surface area contributed by atoms with Crippen molar-refractivity contribution in [1.29, 1.82) is 0 Å². The number of hydrogen-bond acceptors (Lipinski definition) is 5. The van der Waals surface area contributed by atoms with Crippen molar-refractivity contribution in [1.82, 2.24) is 15.2 Å². The largest absolute Gasteiger partial charge is 0.474 e. The van der Waals surface area contributed by atoms with E-state index in [-0.39, 0.29) is 11.7 Å². The van der Waals surface area contributed by atoms with Gasteiger partial charge in [-0.2, -0.15) is 5.10 Å². The van der Waals surface area contributed by atoms with Crippen molar-refractivity contribution in [3.8, 4) is 5.75 Å². The number of pyridine rings is 1. The Balaban J connectivity index is 1.89. The number of nitrogens with zero attached hydrogens (tertiary/aromatic N) is 2. The Morgan fingerprint density at radius 2 is 2.20 bits per heavy atom. The van der Waals surface area contributed by atoms with Gasteiger partial charge >= 0.3 is 0 Å². The molecule has 7 nitrogen and oxygen atoms in total. The highest BCUT2D eigenvalue weighted by Crippen LogP contribution is 2.33. The number of carbonyl (C=O) groups is 1. The van der Waals surface area contributed by atoms with E-state index < -0.39 is 11.4 Å². The molecular weight excluding hydrogens is 265 g/mol. The molecule has 0 atom stereocenters. The second-order valence-electron chi connectivity index (χ2n) is 4.83. The molecule has 2 aromatic rings. The Labute approximate surface area is 113 Å². The molecule has 3 heterocycles. The maximum Gasteiger partial charge on any atom is 0.269 e. The van der Waals surface area contributed by atoms with Crippen LogP contribution in [0.2, 0.25) is 0 Å². The summed E-state index contributed by atoms with van der Waals surface area (Å²) in [6.45, 7) is 3.33. The highest BCUT2D eigenvalue weighted by Gasteiger charge is 2.36. The van der Waals surface area contributed by atoms with E-state index in [1.54, 1.807) is 26.0 Å². The van der Waals surface area contributed by atoms with Crippen LogP contribution in [-0.2, 0) is 4.79 Å². The molecule has 20 heavy (non-hydrogen) atoms. The molecule has 0 unspecified atom stereocenters. The lowest BCUT2D eigenvalue weighted by Gasteiger charge is -2.30. The summed E-state index contributed by atoms with van der Waals surface area (Å²) in [5.74, 6) is 0.397. The minimum Gasteiger partial charge on any atom is -0.474 e. The topological polar surface area (TPSA) is 91.9 Å². The molecule has 1 aliphatic rings. The predicted octanol–water partition coefficient (Wildman–Crippen LogP) is 1.80. The van der Waals surface area contributed by atoms with Crippen LogP contribution < -0.4 is 15.4 Å². The van der Waals surface area contributed by atoms with Gasteiger partial charge in [-0.3, -0.25) is 9.89 Å². The summed E-state index contributed by atoms with van der Waals surface area (Å²) in [7, 11) is 0. The Kier molecular flexibility index (Phi) is 2.60. The third-order valence-electron chi connectivity index (χ3n) is 2.85. The fourth-order valence-corrected chi connectivity index (χ4v) is 1.75. The van der Waals surface area contributed by atoms with Crippen molar-refractivity contribution < 1.29 is 13.9 Å². The van der Waals surface area contributed by atoms with Gasteiger partial charge in [0, 0.05) is 0 Å². The predicted molar refractivity (Wildman–Crippen MR) is 69.4 cm³/mol. The van der Waals surface area contributed by atoms with Crippen LogP contribution in [0.4, 0.5) is 21.8 Å². The number of amides is 1. The molecule has 0 saturated heterocycles. The second kappa shape index (κ2) is 4.19. The van der Waals surface area contributed by atoms with Crippen LogP contribution >= 0.6 is 0 Å². The molecule has 0 aromatic carbocycles. The number of ether oxygens (including phenoxy) is 1. The number of hydrogen-bond donors (Lipinski definition) is 3. The van der Waals surface area contributed by atoms with E-state index >= 15 is 0 Å². The Morgan fingerprint density at radius 1 is 1.40 bits per heavy atom. The average Bonchev–Trinajstić information content (AvgIpc) is 2.77. The quantitative estimate of drug-likeness (QED) is 0.778. The van der Waals surface area contributed by atoms with E-state index in [4.69, 9.17) is 4.74 Å². The average molecular weight is 277 g/mol. The van der Waals surface area contributed by atoms with E-state index in [0.29, 0.717) is 17.4 Å². The van der Waals surface area contributed by atoms with Crippen LogP contribution in [0.25, 0.3) is 0 Å². The number of aromatic nitrogens is 3. The summed E-state index contributed by atoms with van der Waals surface area (Å²) in [5, 5.41) is 11.4. The normalized spacial score (nSPS) is 16.1. The highest BCUT2D eigenvalue weighted by molar-refractivity contribution is 5.99. The first-order valence-corrected chi connectivity index (χ1v) is 5.93. The van der Waals surface area contributed by atoms with Gasteiger partial charge in [-0.05, 0) is 26.0 Å². The lowest BCUT2D eigenvalue weighted by molar-refractivity contribution is -0.129. The zero-order chi connectivity index (χ0) is 14.3. The molecule has 1 amide bonds. The smallest absolute Gasteiger partial charge is 0.269 e. The number of H-pyrrole nitrogens is 1. The lowest BCUT2D eigenvalue weighted by Crippen LogP contribution is -2.46. The maximum atomic E-state index is 13.3. The first-order valence-electron chi connectivity index (χ1n) is 5.93. The third-order valence-corrected chi connectivity index (χ3v) is 2.85. The zero-order valence-corrected chi connectivity index (χ0v) is 10.8. The minimum absolute atomic E-state index is 0.0980. The van der Waals surface area contributed by atoms with E-state index in [1.807, 2.05) is 0 Å². The lowest BCUT2D eigenvalue weighted by atomic mass is 10.1. The Bertz CT molecular complexity index is 682. The van der Waals surface area contributed by atoms with Crippen molar-refractivity contribution in [2.75, 3.05) is 10.6 Å². The number of rotatable bonds is 2. The van der Waals surface area contributed by atoms with Crippen LogP contribution in [0.1, 0.15) is 13.8 Å². The van der Waals surface area contributed by atoms with E-state index in [1.165, 1.54) is 0 Å². The molecule has 0 spiro atoms. The van der Waals surface area contributed by atoms with Gasteiger partial charge in [-0.25, -0.2) is 9.37 Å². The summed E-state index contributed by atoms with van der Waals surface area (Å²) in [6, 6.07) is 3.27. The number of halogens is 1. The van der Waals surface area contributed by atoms with Crippen LogP contribution in [0.5, 0.6) is 5.75 Å². The molecule has 0 bridgehead atoms. The summed E-state index contributed by atoms with van der Waals surface area (Å²) in [4.78, 5) is 16.0. The highest BCUT2D eigenvalue weighted by atomic mass is 19.1. The van der Waals surface area contributed by atoms with Gasteiger partial charge < -0.3 is 15.4 Å². The summed E-state index contributed by atoms with van der Waals surface area (Å²) < 4.78 is 18.8. The number of nitrogens with one attached hydrogen (secondary N) is 3. The number of fused-ring (bicyclic) bond motifs is 1. The van der Waals surface area contributed by atoms with Crippen LogP contribution in [-0.4, -0.2) is 26.7 Å². The summed E-state index contributed by atoms with van der Waals surface area (Å²) in [6.07, 6.45) is 1.05. The molecule has 0 saturated carbocycles. The third kappa shape index (κ3) is 2.04. The molecule has 3 rings (SSSR count). The van der Waals surface area contributed by atoms with Crippen molar-refractivity contribution in [2.45, 2.75) is 19.4 Å². The summed E-state index contributed by atoms with van der Waals surface area (Å²) >= 11 is 0. The van der Waals surface area contributed by atoms with Crippen LogP contribution in [0.15, 0.2) is 18.3 Å². The van der Waals surface area contributed by atoms with E-state index in [0.717, 1.165) is 6.20 Å². The standard InChI is InChI=1S/C12H12FN5O2/c1-12(2)11(19)17-10-7(20-12)3-4-8(16-10)15-9-6(13)5-14-18-9/h3-5H,1-2H3,(H3,14,15,16,17,18,19). The Hall–Kier alpha value is -2.64. The molecule has 0 aliphatic carbocycles. The van der Waals surface area contributed by atoms with Gasteiger partial charge in [-0.1, -0.05) is 0 Å². The molecule has 8 heteroatoms. The van der Waals surface area contributed by atoms with Crippen molar-refractivity contribution in [3.63, 3.8) is 0 Å². The van der Waals surface area contributed by atoms with Gasteiger partial charge in [0.05, 0.1) is 6.20 Å². The molecule has 2 aromatic heterocycles. The van der Waals surface area contributed by atoms with Crippen LogP contribution in [0, 0.1) is 5.82 Å². The SMILES string of the molecule is CC1(C)Oc2ccc(Nc3[nH]ncc3F)nc2NC1=O. The molecule has 0 radical (unpaired) electrons. The Morgan fingerprint density at radius 3 is 2.90 bits per heavy atom. The van der Waals surface area contributed by atoms with Crippen molar-refractivity contribution in [3.05, 3.63) is 24.1 Å².